The van der Waals surface area contributed by atoms with E-state index in [0.717, 1.165) is 11.1 Å². The molecule has 0 radical (unpaired) electrons. The molecule has 3 rings (SSSR count). The predicted molar refractivity (Wildman–Crippen MR) is 152 cm³/mol. The number of rotatable bonds is 15. The summed E-state index contributed by atoms with van der Waals surface area (Å²) in [5.41, 5.74) is 1.76. The number of halogens is 1. The van der Waals surface area contributed by atoms with Gasteiger partial charge in [0.05, 0.1) is 19.6 Å². The SMILES string of the molecule is CCOC[C@H](Oc1ccc(C)cc1)[C@@H](Cc1ccc(F)cc1)[C@H](C)OC(=O)[C@H](C)CC(=O)c1nccc(OC)c1O. The first-order chi connectivity index (χ1) is 19.6. The fourth-order valence-corrected chi connectivity index (χ4v) is 4.41. The van der Waals surface area contributed by atoms with Crippen molar-refractivity contribution in [1.29, 1.82) is 0 Å². The van der Waals surface area contributed by atoms with E-state index in [1.54, 1.807) is 26.0 Å². The summed E-state index contributed by atoms with van der Waals surface area (Å²) in [5.74, 6) is -2.24. The van der Waals surface area contributed by atoms with Crippen molar-refractivity contribution >= 4 is 11.8 Å². The van der Waals surface area contributed by atoms with E-state index >= 15 is 0 Å². The maximum atomic E-state index is 13.6. The standard InChI is InChI=1S/C32H38FNO7/c1-6-39-19-29(41-25-13-7-20(2)8-14-25)26(18-23-9-11-24(33)12-10-23)22(4)40-32(37)21(3)17-27(35)30-31(36)28(38-5)15-16-34-30/h7-16,21-22,26,29,36H,6,17-19H2,1-5H3/t21-,22+,26+,29+/m1/s1. The monoisotopic (exact) mass is 567 g/mol. The third-order valence-corrected chi connectivity index (χ3v) is 6.83. The Kier molecular flexibility index (Phi) is 11.6. The van der Waals surface area contributed by atoms with Gasteiger partial charge in [-0.3, -0.25) is 9.59 Å². The number of ether oxygens (including phenoxy) is 4. The number of aromatic nitrogens is 1. The van der Waals surface area contributed by atoms with E-state index in [9.17, 15) is 19.1 Å². The number of benzene rings is 2. The average Bonchev–Trinajstić information content (AvgIpc) is 2.96. The molecule has 2 aromatic carbocycles. The first-order valence-electron chi connectivity index (χ1n) is 13.6. The van der Waals surface area contributed by atoms with Gasteiger partial charge >= 0.3 is 5.97 Å². The molecule has 1 N–H and O–H groups in total. The highest BCUT2D eigenvalue weighted by molar-refractivity contribution is 5.99. The van der Waals surface area contributed by atoms with Gasteiger partial charge in [0.25, 0.3) is 0 Å². The van der Waals surface area contributed by atoms with Gasteiger partial charge in [0.1, 0.15) is 23.8 Å². The first kappa shape index (κ1) is 31.5. The molecule has 9 heteroatoms. The van der Waals surface area contributed by atoms with Crippen molar-refractivity contribution < 1.29 is 38.0 Å². The second-order valence-corrected chi connectivity index (χ2v) is 10.0. The molecule has 0 spiro atoms. The molecule has 1 heterocycles. The summed E-state index contributed by atoms with van der Waals surface area (Å²) in [5, 5.41) is 10.3. The van der Waals surface area contributed by atoms with Gasteiger partial charge in [-0.1, -0.05) is 36.8 Å². The lowest BCUT2D eigenvalue weighted by molar-refractivity contribution is -0.157. The minimum Gasteiger partial charge on any atom is -0.503 e. The van der Waals surface area contributed by atoms with Crippen LogP contribution in [-0.2, 0) is 20.7 Å². The number of hydrogen-bond donors (Lipinski definition) is 1. The van der Waals surface area contributed by atoms with Gasteiger partial charge in [-0.25, -0.2) is 9.37 Å². The van der Waals surface area contributed by atoms with E-state index in [4.69, 9.17) is 18.9 Å². The summed E-state index contributed by atoms with van der Waals surface area (Å²) in [6.45, 7) is 7.93. The van der Waals surface area contributed by atoms with Crippen LogP contribution in [0.15, 0.2) is 60.8 Å². The van der Waals surface area contributed by atoms with Crippen molar-refractivity contribution in [1.82, 2.24) is 4.98 Å². The average molecular weight is 568 g/mol. The van der Waals surface area contributed by atoms with Gasteiger partial charge in [-0.15, -0.1) is 0 Å². The molecular weight excluding hydrogens is 529 g/mol. The number of carbonyl (C=O) groups excluding carboxylic acids is 2. The maximum Gasteiger partial charge on any atom is 0.309 e. The fourth-order valence-electron chi connectivity index (χ4n) is 4.41. The van der Waals surface area contributed by atoms with Crippen LogP contribution >= 0.6 is 0 Å². The lowest BCUT2D eigenvalue weighted by Gasteiger charge is -2.32. The second kappa shape index (κ2) is 15.1. The summed E-state index contributed by atoms with van der Waals surface area (Å²) in [6.07, 6.45) is 0.408. The Morgan fingerprint density at radius 3 is 2.34 bits per heavy atom. The van der Waals surface area contributed by atoms with Crippen LogP contribution in [0.25, 0.3) is 0 Å². The number of pyridine rings is 1. The molecule has 0 aliphatic heterocycles. The number of nitrogens with zero attached hydrogens (tertiary/aromatic N) is 1. The molecule has 220 valence electrons. The van der Waals surface area contributed by atoms with Crippen molar-refractivity contribution in [3.05, 3.63) is 83.4 Å². The molecule has 0 aliphatic carbocycles. The lowest BCUT2D eigenvalue weighted by Crippen LogP contribution is -2.42. The van der Waals surface area contributed by atoms with Gasteiger partial charge in [0.15, 0.2) is 23.0 Å². The van der Waals surface area contributed by atoms with Gasteiger partial charge < -0.3 is 24.1 Å². The van der Waals surface area contributed by atoms with Crippen molar-refractivity contribution in [2.24, 2.45) is 11.8 Å². The Morgan fingerprint density at radius 1 is 1.02 bits per heavy atom. The zero-order valence-electron chi connectivity index (χ0n) is 24.1. The topological polar surface area (TPSA) is 104 Å². The van der Waals surface area contributed by atoms with Crippen LogP contribution in [-0.4, -0.2) is 54.4 Å². The van der Waals surface area contributed by atoms with Gasteiger partial charge in [-0.05, 0) is 57.0 Å². The van der Waals surface area contributed by atoms with E-state index in [1.165, 1.54) is 31.5 Å². The van der Waals surface area contributed by atoms with Crippen LogP contribution in [0.5, 0.6) is 17.2 Å². The van der Waals surface area contributed by atoms with E-state index in [2.05, 4.69) is 4.98 Å². The Hall–Kier alpha value is -3.98. The normalized spacial score (nSPS) is 14.0. The minimum atomic E-state index is -0.813. The molecule has 8 nitrogen and oxygen atoms in total. The van der Waals surface area contributed by atoms with Crippen molar-refractivity contribution in [3.63, 3.8) is 0 Å². The third kappa shape index (κ3) is 9.01. The van der Waals surface area contributed by atoms with E-state index < -0.39 is 29.9 Å². The number of Topliss-reactive ketones (excluding diaryl/α,β-unsaturated/α-hetero) is 1. The smallest absolute Gasteiger partial charge is 0.309 e. The van der Waals surface area contributed by atoms with Crippen LogP contribution in [0.3, 0.4) is 0 Å². The molecule has 4 atom stereocenters. The maximum absolute atomic E-state index is 13.6. The van der Waals surface area contributed by atoms with E-state index in [-0.39, 0.29) is 42.0 Å². The van der Waals surface area contributed by atoms with Crippen LogP contribution < -0.4 is 9.47 Å². The van der Waals surface area contributed by atoms with Crippen LogP contribution in [0.2, 0.25) is 0 Å². The number of esters is 1. The number of hydrogen-bond acceptors (Lipinski definition) is 8. The summed E-state index contributed by atoms with van der Waals surface area (Å²) in [7, 11) is 1.37. The molecule has 0 saturated carbocycles. The molecule has 0 unspecified atom stereocenters. The predicted octanol–water partition coefficient (Wildman–Crippen LogP) is 5.73. The summed E-state index contributed by atoms with van der Waals surface area (Å²) >= 11 is 0. The highest BCUT2D eigenvalue weighted by Crippen LogP contribution is 2.30. The minimum absolute atomic E-state index is 0.116. The van der Waals surface area contributed by atoms with Crippen LogP contribution in [0, 0.1) is 24.6 Å². The largest absolute Gasteiger partial charge is 0.503 e. The number of ketones is 1. The lowest BCUT2D eigenvalue weighted by atomic mass is 9.89. The van der Waals surface area contributed by atoms with Gasteiger partial charge in [0, 0.05) is 31.2 Å². The van der Waals surface area contributed by atoms with Crippen molar-refractivity contribution in [2.45, 2.75) is 52.7 Å². The number of aryl methyl sites for hydroxylation is 1. The quantitative estimate of drug-likeness (QED) is 0.184. The summed E-state index contributed by atoms with van der Waals surface area (Å²) in [6, 6.07) is 15.2. The number of carbonyl (C=O) groups is 2. The fraction of sp³-hybridized carbons (Fsp3) is 0.406. The molecule has 1 aromatic heterocycles. The first-order valence-corrected chi connectivity index (χ1v) is 13.6. The Labute approximate surface area is 240 Å². The number of methoxy groups -OCH3 is 1. The molecule has 0 aliphatic rings. The highest BCUT2D eigenvalue weighted by atomic mass is 19.1. The molecule has 3 aromatic rings. The zero-order chi connectivity index (χ0) is 29.9. The van der Waals surface area contributed by atoms with Crippen LogP contribution in [0.1, 0.15) is 48.8 Å². The summed E-state index contributed by atoms with van der Waals surface area (Å²) in [4.78, 5) is 29.9. The molecule has 0 saturated heterocycles. The summed E-state index contributed by atoms with van der Waals surface area (Å²) < 4.78 is 36.7. The third-order valence-electron chi connectivity index (χ3n) is 6.83. The Morgan fingerprint density at radius 2 is 1.71 bits per heavy atom. The Balaban J connectivity index is 1.79. The molecular formula is C32H38FNO7. The van der Waals surface area contributed by atoms with E-state index in [0.29, 0.717) is 18.8 Å². The molecule has 0 fully saturated rings. The van der Waals surface area contributed by atoms with E-state index in [1.807, 2.05) is 38.1 Å². The highest BCUT2D eigenvalue weighted by Gasteiger charge is 2.33. The number of aromatic hydroxyl groups is 1. The van der Waals surface area contributed by atoms with Crippen molar-refractivity contribution in [3.8, 4) is 17.2 Å². The molecule has 41 heavy (non-hydrogen) atoms. The van der Waals surface area contributed by atoms with Gasteiger partial charge in [-0.2, -0.15) is 0 Å². The second-order valence-electron chi connectivity index (χ2n) is 10.0. The molecule has 0 amide bonds. The van der Waals surface area contributed by atoms with Crippen LogP contribution in [0.4, 0.5) is 4.39 Å². The van der Waals surface area contributed by atoms with Crippen molar-refractivity contribution in [2.75, 3.05) is 20.3 Å². The Bertz CT molecular complexity index is 1280. The zero-order valence-corrected chi connectivity index (χ0v) is 24.1. The van der Waals surface area contributed by atoms with Gasteiger partial charge in [0.2, 0.25) is 0 Å². The molecule has 0 bridgehead atoms.